The van der Waals surface area contributed by atoms with Gasteiger partial charge in [-0.15, -0.1) is 0 Å². The van der Waals surface area contributed by atoms with Crippen LogP contribution in [0.25, 0.3) is 0 Å². The molecule has 31 heavy (non-hydrogen) atoms. The van der Waals surface area contributed by atoms with E-state index < -0.39 is 0 Å². The van der Waals surface area contributed by atoms with Crippen LogP contribution in [0.5, 0.6) is 17.2 Å². The van der Waals surface area contributed by atoms with Crippen molar-refractivity contribution in [3.05, 3.63) is 83.9 Å². The number of halogens is 1. The van der Waals surface area contributed by atoms with Crippen LogP contribution in [-0.4, -0.2) is 36.9 Å². The third-order valence-electron chi connectivity index (χ3n) is 4.01. The average molecular weight is 423 g/mol. The number of hydrogen-bond donors (Lipinski definition) is 1. The van der Waals surface area contributed by atoms with Gasteiger partial charge < -0.3 is 14.2 Å². The molecule has 0 fully saturated rings. The zero-order valence-electron chi connectivity index (χ0n) is 17.0. The second-order valence-electron chi connectivity index (χ2n) is 6.23. The Kier molecular flexibility index (Phi) is 7.93. The van der Waals surface area contributed by atoms with Gasteiger partial charge in [0.15, 0.2) is 11.5 Å². The lowest BCUT2D eigenvalue weighted by atomic mass is 10.2. The molecule has 1 amide bonds. The predicted molar refractivity (Wildman–Crippen MR) is 114 cm³/mol. The lowest BCUT2D eigenvalue weighted by Gasteiger charge is -2.13. The summed E-state index contributed by atoms with van der Waals surface area (Å²) in [4.78, 5) is 15.9. The van der Waals surface area contributed by atoms with Gasteiger partial charge in [-0.3, -0.25) is 9.78 Å². The third kappa shape index (κ3) is 6.81. The second kappa shape index (κ2) is 11.3. The van der Waals surface area contributed by atoms with Gasteiger partial charge in [0, 0.05) is 18.0 Å². The Morgan fingerprint density at radius 1 is 1.00 bits per heavy atom. The Labute approximate surface area is 179 Å². The summed E-state index contributed by atoms with van der Waals surface area (Å²) in [6, 6.07) is 14.3. The third-order valence-corrected chi connectivity index (χ3v) is 4.01. The predicted octanol–water partition coefficient (Wildman–Crippen LogP) is 3.84. The van der Waals surface area contributed by atoms with E-state index >= 15 is 0 Å². The SMILES string of the molecule is CCOc1cc(/C=N/NC(=O)c2ccncc2)ccc1OCCOc1ccc(F)cc1. The fraction of sp³-hybridized carbons (Fsp3) is 0.174. The Morgan fingerprint density at radius 3 is 2.48 bits per heavy atom. The van der Waals surface area contributed by atoms with Crippen LogP contribution in [0, 0.1) is 5.82 Å². The van der Waals surface area contributed by atoms with E-state index in [4.69, 9.17) is 14.2 Å². The van der Waals surface area contributed by atoms with Crippen molar-refractivity contribution in [2.45, 2.75) is 6.92 Å². The summed E-state index contributed by atoms with van der Waals surface area (Å²) in [5.41, 5.74) is 3.66. The molecule has 3 rings (SSSR count). The molecule has 0 atom stereocenters. The maximum absolute atomic E-state index is 12.9. The van der Waals surface area contributed by atoms with Crippen molar-refractivity contribution in [3.63, 3.8) is 0 Å². The summed E-state index contributed by atoms with van der Waals surface area (Å²) in [7, 11) is 0. The maximum atomic E-state index is 12.9. The zero-order chi connectivity index (χ0) is 21.9. The fourth-order valence-electron chi connectivity index (χ4n) is 2.57. The van der Waals surface area contributed by atoms with E-state index in [1.165, 1.54) is 30.7 Å². The first-order valence-electron chi connectivity index (χ1n) is 9.67. The first-order chi connectivity index (χ1) is 15.2. The first kappa shape index (κ1) is 21.8. The largest absolute Gasteiger partial charge is 0.490 e. The van der Waals surface area contributed by atoms with E-state index in [1.807, 2.05) is 6.92 Å². The zero-order valence-corrected chi connectivity index (χ0v) is 17.0. The standard InChI is InChI=1S/C23H22FN3O4/c1-2-29-22-15-17(16-26-27-23(28)18-9-11-25-12-10-18)3-8-21(22)31-14-13-30-20-6-4-19(24)5-7-20/h3-12,15-16H,2,13-14H2,1H3,(H,27,28)/b26-16+. The van der Waals surface area contributed by atoms with Crippen molar-refractivity contribution in [1.29, 1.82) is 0 Å². The van der Waals surface area contributed by atoms with Crippen LogP contribution >= 0.6 is 0 Å². The molecule has 0 aliphatic carbocycles. The normalized spacial score (nSPS) is 10.6. The highest BCUT2D eigenvalue weighted by Gasteiger charge is 2.07. The number of nitrogens with one attached hydrogen (secondary N) is 1. The smallest absolute Gasteiger partial charge is 0.271 e. The van der Waals surface area contributed by atoms with Crippen LogP contribution < -0.4 is 19.6 Å². The van der Waals surface area contributed by atoms with E-state index in [9.17, 15) is 9.18 Å². The van der Waals surface area contributed by atoms with E-state index in [1.54, 1.807) is 42.5 Å². The van der Waals surface area contributed by atoms with Crippen LogP contribution in [0.1, 0.15) is 22.8 Å². The molecular formula is C23H22FN3O4. The lowest BCUT2D eigenvalue weighted by molar-refractivity contribution is 0.0955. The van der Waals surface area contributed by atoms with Gasteiger partial charge in [-0.05, 0) is 67.1 Å². The quantitative estimate of drug-likeness (QED) is 0.304. The topological polar surface area (TPSA) is 82.0 Å². The number of rotatable bonds is 10. The number of ether oxygens (including phenoxy) is 3. The molecule has 2 aromatic carbocycles. The molecule has 0 aliphatic rings. The number of hydrazone groups is 1. The molecule has 3 aromatic rings. The lowest BCUT2D eigenvalue weighted by Crippen LogP contribution is -2.17. The molecule has 1 aromatic heterocycles. The van der Waals surface area contributed by atoms with Crippen molar-refractivity contribution >= 4 is 12.1 Å². The van der Waals surface area contributed by atoms with Gasteiger partial charge in [0.1, 0.15) is 24.8 Å². The first-order valence-corrected chi connectivity index (χ1v) is 9.67. The molecule has 0 bridgehead atoms. The number of carbonyl (C=O) groups excluding carboxylic acids is 1. The van der Waals surface area contributed by atoms with Crippen LogP contribution in [0.4, 0.5) is 4.39 Å². The second-order valence-corrected chi connectivity index (χ2v) is 6.23. The summed E-state index contributed by atoms with van der Waals surface area (Å²) in [5.74, 6) is 1.03. The highest BCUT2D eigenvalue weighted by atomic mass is 19.1. The summed E-state index contributed by atoms with van der Waals surface area (Å²) < 4.78 is 29.8. The summed E-state index contributed by atoms with van der Waals surface area (Å²) in [6.45, 7) is 2.91. The Hall–Kier alpha value is -3.94. The van der Waals surface area contributed by atoms with E-state index in [0.29, 0.717) is 36.0 Å². The molecule has 0 saturated heterocycles. The fourth-order valence-corrected chi connectivity index (χ4v) is 2.57. The van der Waals surface area contributed by atoms with E-state index in [0.717, 1.165) is 5.56 Å². The molecular weight excluding hydrogens is 401 g/mol. The van der Waals surface area contributed by atoms with Crippen LogP contribution in [0.2, 0.25) is 0 Å². The minimum Gasteiger partial charge on any atom is -0.490 e. The molecule has 0 radical (unpaired) electrons. The number of nitrogens with zero attached hydrogens (tertiary/aromatic N) is 2. The summed E-state index contributed by atoms with van der Waals surface area (Å²) in [6.07, 6.45) is 4.59. The number of benzene rings is 2. The highest BCUT2D eigenvalue weighted by molar-refractivity contribution is 5.94. The van der Waals surface area contributed by atoms with Gasteiger partial charge in [0.2, 0.25) is 0 Å². The van der Waals surface area contributed by atoms with Crippen LogP contribution in [0.15, 0.2) is 72.1 Å². The van der Waals surface area contributed by atoms with Gasteiger partial charge in [-0.1, -0.05) is 0 Å². The van der Waals surface area contributed by atoms with Crippen LogP contribution in [-0.2, 0) is 0 Å². The van der Waals surface area contributed by atoms with E-state index in [2.05, 4.69) is 15.5 Å². The number of aromatic nitrogens is 1. The molecule has 0 unspecified atom stereocenters. The monoisotopic (exact) mass is 423 g/mol. The molecule has 1 heterocycles. The van der Waals surface area contributed by atoms with Crippen molar-refractivity contribution in [1.82, 2.24) is 10.4 Å². The van der Waals surface area contributed by atoms with Crippen LogP contribution in [0.3, 0.4) is 0 Å². The summed E-state index contributed by atoms with van der Waals surface area (Å²) >= 11 is 0. The number of carbonyl (C=O) groups is 1. The van der Waals surface area contributed by atoms with Crippen molar-refractivity contribution in [3.8, 4) is 17.2 Å². The molecule has 0 aliphatic heterocycles. The number of amides is 1. The number of hydrogen-bond acceptors (Lipinski definition) is 6. The minimum absolute atomic E-state index is 0.285. The number of pyridine rings is 1. The van der Waals surface area contributed by atoms with Gasteiger partial charge in [0.25, 0.3) is 5.91 Å². The molecule has 7 nitrogen and oxygen atoms in total. The van der Waals surface area contributed by atoms with Gasteiger partial charge in [-0.2, -0.15) is 5.10 Å². The Balaban J connectivity index is 1.54. The van der Waals surface area contributed by atoms with E-state index in [-0.39, 0.29) is 18.3 Å². The molecule has 0 spiro atoms. The molecule has 160 valence electrons. The Morgan fingerprint density at radius 2 is 1.74 bits per heavy atom. The van der Waals surface area contributed by atoms with Gasteiger partial charge in [-0.25, -0.2) is 9.82 Å². The maximum Gasteiger partial charge on any atom is 0.271 e. The molecule has 1 N–H and O–H groups in total. The average Bonchev–Trinajstić information content (AvgIpc) is 2.80. The summed E-state index contributed by atoms with van der Waals surface area (Å²) in [5, 5.41) is 3.98. The van der Waals surface area contributed by atoms with Crippen molar-refractivity contribution < 1.29 is 23.4 Å². The van der Waals surface area contributed by atoms with Gasteiger partial charge in [0.05, 0.1) is 12.8 Å². The molecule has 0 saturated carbocycles. The Bertz CT molecular complexity index is 1010. The minimum atomic E-state index is -0.329. The molecule has 8 heteroatoms. The van der Waals surface area contributed by atoms with Crippen molar-refractivity contribution in [2.24, 2.45) is 5.10 Å². The van der Waals surface area contributed by atoms with Crippen molar-refractivity contribution in [2.75, 3.05) is 19.8 Å². The van der Waals surface area contributed by atoms with Gasteiger partial charge >= 0.3 is 0 Å². The highest BCUT2D eigenvalue weighted by Crippen LogP contribution is 2.28.